The van der Waals surface area contributed by atoms with Gasteiger partial charge in [0, 0.05) is 11.7 Å². The van der Waals surface area contributed by atoms with Crippen molar-refractivity contribution in [3.05, 3.63) is 41.5 Å². The molecule has 0 spiro atoms. The van der Waals surface area contributed by atoms with Crippen molar-refractivity contribution in [2.24, 2.45) is 5.73 Å². The molecule has 1 atom stereocenters. The Morgan fingerprint density at radius 2 is 2.07 bits per heavy atom. The Labute approximate surface area is 82.5 Å². The highest BCUT2D eigenvalue weighted by molar-refractivity contribution is 5.93. The third kappa shape index (κ3) is 0.888. The Balaban J connectivity index is 2.49. The van der Waals surface area contributed by atoms with Gasteiger partial charge in [-0.05, 0) is 40.5 Å². The monoisotopic (exact) mass is 184 g/mol. The molecule has 4 N–H and O–H groups in total. The van der Waals surface area contributed by atoms with Crippen molar-refractivity contribution in [2.45, 2.75) is 12.5 Å². The van der Waals surface area contributed by atoms with E-state index in [1.165, 1.54) is 21.9 Å². The van der Waals surface area contributed by atoms with Crippen LogP contribution in [0.2, 0.25) is 0 Å². The average molecular weight is 184 g/mol. The van der Waals surface area contributed by atoms with Crippen LogP contribution < -0.4 is 11.5 Å². The normalized spacial score (nSPS) is 19.1. The van der Waals surface area contributed by atoms with Crippen molar-refractivity contribution in [3.8, 4) is 0 Å². The molecule has 0 saturated heterocycles. The average Bonchev–Trinajstić information content (AvgIpc) is 2.45. The fourth-order valence-electron chi connectivity index (χ4n) is 2.39. The fraction of sp³-hybridized carbons (Fsp3) is 0.167. The molecule has 0 bridgehead atoms. The predicted molar refractivity (Wildman–Crippen MR) is 59.0 cm³/mol. The zero-order valence-corrected chi connectivity index (χ0v) is 7.83. The Morgan fingerprint density at radius 3 is 2.93 bits per heavy atom. The zero-order chi connectivity index (χ0) is 9.71. The minimum absolute atomic E-state index is 0.149. The summed E-state index contributed by atoms with van der Waals surface area (Å²) in [6.45, 7) is 0. The summed E-state index contributed by atoms with van der Waals surface area (Å²) >= 11 is 0. The van der Waals surface area contributed by atoms with Crippen LogP contribution in [0.4, 0.5) is 5.69 Å². The Kier molecular flexibility index (Phi) is 1.39. The molecule has 1 aliphatic carbocycles. The number of hydrogen-bond donors (Lipinski definition) is 2. The smallest absolute Gasteiger partial charge is 0.0342 e. The zero-order valence-electron chi connectivity index (χ0n) is 7.83. The first kappa shape index (κ1) is 7.83. The number of hydrogen-bond acceptors (Lipinski definition) is 2. The molecule has 0 fully saturated rings. The largest absolute Gasteiger partial charge is 0.399 e. The number of benzene rings is 2. The molecule has 3 rings (SSSR count). The minimum atomic E-state index is 0.149. The molecule has 2 nitrogen and oxygen atoms in total. The minimum Gasteiger partial charge on any atom is -0.399 e. The molecule has 70 valence electrons. The van der Waals surface area contributed by atoms with E-state index in [0.29, 0.717) is 0 Å². The number of anilines is 1. The maximum atomic E-state index is 6.05. The van der Waals surface area contributed by atoms with Gasteiger partial charge in [-0.3, -0.25) is 0 Å². The van der Waals surface area contributed by atoms with E-state index >= 15 is 0 Å². The van der Waals surface area contributed by atoms with Gasteiger partial charge in [0.25, 0.3) is 0 Å². The van der Waals surface area contributed by atoms with Crippen LogP contribution in [0.1, 0.15) is 17.2 Å². The first-order valence-electron chi connectivity index (χ1n) is 4.82. The highest BCUT2D eigenvalue weighted by Crippen LogP contribution is 2.36. The highest BCUT2D eigenvalue weighted by atomic mass is 14.6. The van der Waals surface area contributed by atoms with Gasteiger partial charge in [-0.15, -0.1) is 0 Å². The molecular weight excluding hydrogens is 172 g/mol. The van der Waals surface area contributed by atoms with E-state index in [2.05, 4.69) is 12.1 Å². The maximum absolute atomic E-state index is 6.05. The first-order chi connectivity index (χ1) is 6.75. The second kappa shape index (κ2) is 2.49. The molecule has 0 aromatic heterocycles. The fourth-order valence-corrected chi connectivity index (χ4v) is 2.39. The van der Waals surface area contributed by atoms with Gasteiger partial charge in [-0.2, -0.15) is 0 Å². The third-order valence-electron chi connectivity index (χ3n) is 2.95. The van der Waals surface area contributed by atoms with E-state index in [1.54, 1.807) is 0 Å². The third-order valence-corrected chi connectivity index (χ3v) is 2.95. The lowest BCUT2D eigenvalue weighted by Crippen LogP contribution is -2.07. The maximum Gasteiger partial charge on any atom is 0.0342 e. The molecule has 0 radical (unpaired) electrons. The van der Waals surface area contributed by atoms with Gasteiger partial charge in [0.1, 0.15) is 0 Å². The summed E-state index contributed by atoms with van der Waals surface area (Å²) in [6, 6.07) is 10.5. The molecule has 1 unspecified atom stereocenters. The summed E-state index contributed by atoms with van der Waals surface area (Å²) in [5.74, 6) is 0. The van der Waals surface area contributed by atoms with Gasteiger partial charge in [0.15, 0.2) is 0 Å². The van der Waals surface area contributed by atoms with Gasteiger partial charge >= 0.3 is 0 Å². The van der Waals surface area contributed by atoms with Crippen LogP contribution in [0.3, 0.4) is 0 Å². The highest BCUT2D eigenvalue weighted by Gasteiger charge is 2.20. The number of nitrogens with two attached hydrogens (primary N) is 2. The van der Waals surface area contributed by atoms with Crippen molar-refractivity contribution in [1.29, 1.82) is 0 Å². The van der Waals surface area contributed by atoms with Crippen LogP contribution in [-0.4, -0.2) is 0 Å². The van der Waals surface area contributed by atoms with E-state index in [9.17, 15) is 0 Å². The Bertz CT molecular complexity index is 517. The summed E-state index contributed by atoms with van der Waals surface area (Å²) in [7, 11) is 0. The molecule has 0 saturated carbocycles. The lowest BCUT2D eigenvalue weighted by atomic mass is 10.0. The van der Waals surface area contributed by atoms with Crippen molar-refractivity contribution in [3.63, 3.8) is 0 Å². The van der Waals surface area contributed by atoms with E-state index in [1.807, 2.05) is 18.2 Å². The van der Waals surface area contributed by atoms with Crippen LogP contribution in [-0.2, 0) is 6.42 Å². The van der Waals surface area contributed by atoms with Gasteiger partial charge in [0.05, 0.1) is 0 Å². The summed E-state index contributed by atoms with van der Waals surface area (Å²) in [5.41, 5.74) is 15.3. The van der Waals surface area contributed by atoms with Crippen molar-refractivity contribution >= 4 is 16.5 Å². The van der Waals surface area contributed by atoms with E-state index < -0.39 is 0 Å². The van der Waals surface area contributed by atoms with E-state index in [0.717, 1.165) is 12.1 Å². The summed E-state index contributed by atoms with van der Waals surface area (Å²) in [6.07, 6.45) is 0.918. The van der Waals surface area contributed by atoms with Crippen LogP contribution in [0, 0.1) is 0 Å². The second-order valence-electron chi connectivity index (χ2n) is 3.94. The van der Waals surface area contributed by atoms with Crippen LogP contribution >= 0.6 is 0 Å². The molecule has 0 aliphatic heterocycles. The molecular formula is C12H12N2. The lowest BCUT2D eigenvalue weighted by molar-refractivity contribution is 0.757. The van der Waals surface area contributed by atoms with Crippen molar-refractivity contribution in [1.82, 2.24) is 0 Å². The number of rotatable bonds is 0. The lowest BCUT2D eigenvalue weighted by Gasteiger charge is -2.03. The summed E-state index contributed by atoms with van der Waals surface area (Å²) < 4.78 is 0. The Hall–Kier alpha value is -1.54. The van der Waals surface area contributed by atoms with Gasteiger partial charge < -0.3 is 11.5 Å². The van der Waals surface area contributed by atoms with Crippen molar-refractivity contribution < 1.29 is 0 Å². The molecule has 0 heterocycles. The van der Waals surface area contributed by atoms with Crippen LogP contribution in [0.15, 0.2) is 30.3 Å². The first-order valence-corrected chi connectivity index (χ1v) is 4.82. The standard InChI is InChI=1S/C12H12N2/c13-9-4-7-2-1-3-10-11(14)6-8(5-9)12(7)10/h1-5,11H,6,13-14H2. The van der Waals surface area contributed by atoms with Crippen LogP contribution in [0.25, 0.3) is 10.8 Å². The number of nitrogen functional groups attached to an aromatic ring is 1. The molecule has 0 amide bonds. The van der Waals surface area contributed by atoms with Gasteiger partial charge in [0.2, 0.25) is 0 Å². The molecule has 14 heavy (non-hydrogen) atoms. The summed E-state index contributed by atoms with van der Waals surface area (Å²) in [4.78, 5) is 0. The topological polar surface area (TPSA) is 52.0 Å². The predicted octanol–water partition coefficient (Wildman–Crippen LogP) is 1.98. The van der Waals surface area contributed by atoms with Gasteiger partial charge in [-0.25, -0.2) is 0 Å². The quantitative estimate of drug-likeness (QED) is 0.615. The molecule has 1 aliphatic rings. The summed E-state index contributed by atoms with van der Waals surface area (Å²) in [5, 5.41) is 2.53. The van der Waals surface area contributed by atoms with Gasteiger partial charge in [-0.1, -0.05) is 18.2 Å². The second-order valence-corrected chi connectivity index (χ2v) is 3.94. The molecule has 2 heteroatoms. The molecule has 2 aromatic carbocycles. The van der Waals surface area contributed by atoms with Crippen LogP contribution in [0.5, 0.6) is 0 Å². The molecule has 2 aromatic rings. The Morgan fingerprint density at radius 1 is 1.21 bits per heavy atom. The SMILES string of the molecule is Nc1cc2c3c(cccc3c1)C(N)C2. The van der Waals surface area contributed by atoms with Crippen molar-refractivity contribution in [2.75, 3.05) is 5.73 Å². The van der Waals surface area contributed by atoms with E-state index in [-0.39, 0.29) is 6.04 Å². The van der Waals surface area contributed by atoms with E-state index in [4.69, 9.17) is 11.5 Å².